The van der Waals surface area contributed by atoms with Gasteiger partial charge in [-0.15, -0.1) is 16.8 Å². The number of allylic oxidation sites excluding steroid dienone is 1. The van der Waals surface area contributed by atoms with Crippen molar-refractivity contribution in [1.82, 2.24) is 14.8 Å². The van der Waals surface area contributed by atoms with Crippen molar-refractivity contribution in [2.75, 3.05) is 0 Å². The molecule has 0 aliphatic heterocycles. The van der Waals surface area contributed by atoms with E-state index >= 15 is 0 Å². The Kier molecular flexibility index (Phi) is 6.53. The molecule has 1 heterocycles. The average Bonchev–Trinajstić information content (AvgIpc) is 3.05. The third-order valence-corrected chi connectivity index (χ3v) is 5.22. The van der Waals surface area contributed by atoms with Crippen LogP contribution in [0.4, 0.5) is 4.39 Å². The topological polar surface area (TPSA) is 39.9 Å². The number of halogens is 2. The molecule has 3 rings (SSSR count). The van der Waals surface area contributed by atoms with Crippen molar-refractivity contribution in [1.29, 1.82) is 0 Å². The first-order valence-corrected chi connectivity index (χ1v) is 9.77. The lowest BCUT2D eigenvalue weighted by Crippen LogP contribution is -2.12. The molecule has 1 aromatic heterocycles. The number of para-hydroxylation sites is 1. The van der Waals surface area contributed by atoms with Crippen molar-refractivity contribution in [2.45, 2.75) is 30.5 Å². The molecule has 0 saturated heterocycles. The van der Waals surface area contributed by atoms with Gasteiger partial charge in [0.25, 0.3) is 0 Å². The Labute approximate surface area is 167 Å². The highest BCUT2D eigenvalue weighted by molar-refractivity contribution is 7.98. The quantitative estimate of drug-likeness (QED) is 0.358. The summed E-state index contributed by atoms with van der Waals surface area (Å²) < 4.78 is 21.1. The summed E-state index contributed by atoms with van der Waals surface area (Å²) in [7, 11) is 0. The van der Waals surface area contributed by atoms with E-state index in [-0.39, 0.29) is 11.9 Å². The summed E-state index contributed by atoms with van der Waals surface area (Å²) >= 11 is 7.59. The van der Waals surface area contributed by atoms with E-state index in [1.807, 2.05) is 41.8 Å². The highest BCUT2D eigenvalue weighted by Gasteiger charge is 2.19. The highest BCUT2D eigenvalue weighted by atomic mass is 35.5. The Morgan fingerprint density at radius 2 is 2.04 bits per heavy atom. The van der Waals surface area contributed by atoms with E-state index < -0.39 is 0 Å². The molecule has 0 radical (unpaired) electrons. The van der Waals surface area contributed by atoms with E-state index in [1.54, 1.807) is 12.1 Å². The van der Waals surface area contributed by atoms with Crippen LogP contribution in [0, 0.1) is 5.82 Å². The van der Waals surface area contributed by atoms with Crippen molar-refractivity contribution in [2.24, 2.45) is 0 Å². The highest BCUT2D eigenvalue weighted by Crippen LogP contribution is 2.29. The van der Waals surface area contributed by atoms with Crippen LogP contribution in [-0.2, 0) is 12.3 Å². The van der Waals surface area contributed by atoms with Crippen molar-refractivity contribution >= 4 is 23.4 Å². The van der Waals surface area contributed by atoms with Gasteiger partial charge in [0.1, 0.15) is 11.6 Å². The van der Waals surface area contributed by atoms with Crippen LogP contribution in [0.3, 0.4) is 0 Å². The Bertz CT molecular complexity index is 917. The Hall–Kier alpha value is -2.31. The Morgan fingerprint density at radius 3 is 2.74 bits per heavy atom. The molecular formula is C20H19ClFN3OS. The number of thioether (sulfide) groups is 1. The van der Waals surface area contributed by atoms with E-state index in [0.717, 1.165) is 16.5 Å². The van der Waals surface area contributed by atoms with Crippen LogP contribution < -0.4 is 4.74 Å². The SMILES string of the molecule is C=CCn1c(SCc2ccc(F)cc2Cl)nnc1C(C)Oc1ccccc1. The summed E-state index contributed by atoms with van der Waals surface area (Å²) in [5.74, 6) is 1.69. The van der Waals surface area contributed by atoms with Crippen LogP contribution in [0.25, 0.3) is 0 Å². The van der Waals surface area contributed by atoms with Crippen molar-refractivity contribution in [3.8, 4) is 5.75 Å². The zero-order chi connectivity index (χ0) is 19.2. The molecule has 0 bridgehead atoms. The molecule has 1 unspecified atom stereocenters. The minimum absolute atomic E-state index is 0.274. The second-order valence-electron chi connectivity index (χ2n) is 5.84. The number of hydrogen-bond acceptors (Lipinski definition) is 4. The number of hydrogen-bond donors (Lipinski definition) is 0. The fourth-order valence-electron chi connectivity index (χ4n) is 2.55. The van der Waals surface area contributed by atoms with Gasteiger partial charge in [-0.2, -0.15) is 0 Å². The molecule has 3 aromatic rings. The van der Waals surface area contributed by atoms with Gasteiger partial charge in [-0.05, 0) is 36.8 Å². The Morgan fingerprint density at radius 1 is 1.26 bits per heavy atom. The zero-order valence-electron chi connectivity index (χ0n) is 14.8. The summed E-state index contributed by atoms with van der Waals surface area (Å²) in [5.41, 5.74) is 0.839. The molecule has 0 N–H and O–H groups in total. The van der Waals surface area contributed by atoms with Gasteiger partial charge in [-0.3, -0.25) is 4.57 Å². The molecule has 1 atom stereocenters. The Balaban J connectivity index is 1.77. The van der Waals surface area contributed by atoms with Crippen molar-refractivity contribution < 1.29 is 9.13 Å². The van der Waals surface area contributed by atoms with Crippen molar-refractivity contribution in [3.63, 3.8) is 0 Å². The van der Waals surface area contributed by atoms with Gasteiger partial charge < -0.3 is 4.74 Å². The number of benzene rings is 2. The second kappa shape index (κ2) is 9.06. The number of nitrogens with zero attached hydrogens (tertiary/aromatic N) is 3. The summed E-state index contributed by atoms with van der Waals surface area (Å²) in [6.45, 7) is 6.31. The minimum atomic E-state index is -0.349. The molecular weight excluding hydrogens is 385 g/mol. The first-order valence-electron chi connectivity index (χ1n) is 8.41. The molecule has 0 amide bonds. The average molecular weight is 404 g/mol. The molecule has 2 aromatic carbocycles. The van der Waals surface area contributed by atoms with Crippen LogP contribution in [0.1, 0.15) is 24.4 Å². The predicted octanol–water partition coefficient (Wildman–Crippen LogP) is 5.69. The largest absolute Gasteiger partial charge is 0.483 e. The maximum Gasteiger partial charge on any atom is 0.191 e. The van der Waals surface area contributed by atoms with Gasteiger partial charge >= 0.3 is 0 Å². The number of rotatable bonds is 8. The van der Waals surface area contributed by atoms with Gasteiger partial charge in [0, 0.05) is 17.3 Å². The van der Waals surface area contributed by atoms with Crippen LogP contribution in [0.15, 0.2) is 66.3 Å². The smallest absolute Gasteiger partial charge is 0.191 e. The molecule has 0 saturated carbocycles. The van der Waals surface area contributed by atoms with E-state index in [9.17, 15) is 4.39 Å². The third-order valence-electron chi connectivity index (χ3n) is 3.85. The summed E-state index contributed by atoms with van der Waals surface area (Å²) in [4.78, 5) is 0. The van der Waals surface area contributed by atoms with Crippen LogP contribution in [0.2, 0.25) is 5.02 Å². The van der Waals surface area contributed by atoms with Gasteiger partial charge in [0.15, 0.2) is 17.1 Å². The van der Waals surface area contributed by atoms with Gasteiger partial charge in [0.2, 0.25) is 0 Å². The molecule has 0 fully saturated rings. The number of aromatic nitrogens is 3. The lowest BCUT2D eigenvalue weighted by molar-refractivity contribution is 0.210. The zero-order valence-corrected chi connectivity index (χ0v) is 16.4. The lowest BCUT2D eigenvalue weighted by Gasteiger charge is -2.15. The minimum Gasteiger partial charge on any atom is -0.483 e. The predicted molar refractivity (Wildman–Crippen MR) is 107 cm³/mol. The molecule has 7 heteroatoms. The summed E-state index contributed by atoms with van der Waals surface area (Å²) in [5, 5.41) is 9.73. The fourth-order valence-corrected chi connectivity index (χ4v) is 3.82. The van der Waals surface area contributed by atoms with Crippen LogP contribution in [-0.4, -0.2) is 14.8 Å². The first-order chi connectivity index (χ1) is 13.1. The molecule has 140 valence electrons. The molecule has 0 aliphatic rings. The molecule has 0 spiro atoms. The molecule has 27 heavy (non-hydrogen) atoms. The van der Waals surface area contributed by atoms with E-state index in [4.69, 9.17) is 16.3 Å². The fraction of sp³-hybridized carbons (Fsp3) is 0.200. The summed E-state index contributed by atoms with van der Waals surface area (Å²) in [6, 6.07) is 14.0. The number of ether oxygens (including phenoxy) is 1. The van der Waals surface area contributed by atoms with Crippen LogP contribution >= 0.6 is 23.4 Å². The monoisotopic (exact) mass is 403 g/mol. The van der Waals surface area contributed by atoms with Gasteiger partial charge in [-0.25, -0.2) is 4.39 Å². The second-order valence-corrected chi connectivity index (χ2v) is 7.19. The van der Waals surface area contributed by atoms with Gasteiger partial charge in [-0.1, -0.05) is 53.7 Å². The maximum atomic E-state index is 13.2. The summed E-state index contributed by atoms with van der Waals surface area (Å²) in [6.07, 6.45) is 1.51. The van der Waals surface area contributed by atoms with Crippen LogP contribution in [0.5, 0.6) is 5.75 Å². The first kappa shape index (κ1) is 19.5. The third kappa shape index (κ3) is 4.90. The van der Waals surface area contributed by atoms with E-state index in [0.29, 0.717) is 23.1 Å². The van der Waals surface area contributed by atoms with Crippen molar-refractivity contribution in [3.05, 3.63) is 83.4 Å². The van der Waals surface area contributed by atoms with E-state index in [1.165, 1.54) is 23.9 Å². The lowest BCUT2D eigenvalue weighted by atomic mass is 10.2. The normalized spacial score (nSPS) is 12.0. The maximum absolute atomic E-state index is 13.2. The van der Waals surface area contributed by atoms with E-state index in [2.05, 4.69) is 16.8 Å². The van der Waals surface area contributed by atoms with Gasteiger partial charge in [0.05, 0.1) is 0 Å². The standard InChI is InChI=1S/C20H19ClFN3OS/c1-3-11-25-19(14(2)26-17-7-5-4-6-8-17)23-24-20(25)27-13-15-9-10-16(22)12-18(15)21/h3-10,12,14H,1,11,13H2,2H3. The molecule has 4 nitrogen and oxygen atoms in total. The molecule has 0 aliphatic carbocycles.